The molecule has 1 aliphatic rings. The van der Waals surface area contributed by atoms with Gasteiger partial charge >= 0.3 is 5.97 Å². The van der Waals surface area contributed by atoms with Crippen molar-refractivity contribution in [3.63, 3.8) is 0 Å². The molecule has 1 fully saturated rings. The van der Waals surface area contributed by atoms with Gasteiger partial charge in [0.25, 0.3) is 0 Å². The molecule has 0 bridgehead atoms. The van der Waals surface area contributed by atoms with Gasteiger partial charge in [-0.1, -0.05) is 62.8 Å². The number of hydrogen-bond donors (Lipinski definition) is 3. The number of methoxy groups -OCH3 is 1. The number of allylic oxidation sites excluding steroid dienone is 1. The van der Waals surface area contributed by atoms with E-state index in [-0.39, 0.29) is 37.0 Å². The molecule has 8 nitrogen and oxygen atoms in total. The number of Topliss-reactive ketones (excluding diaryl/α,β-unsaturated/α-hetero) is 1. The molecule has 0 heterocycles. The lowest BCUT2D eigenvalue weighted by atomic mass is 9.69. The first-order valence-corrected chi connectivity index (χ1v) is 13.4. The number of rotatable bonds is 16. The Morgan fingerprint density at radius 1 is 1.25 bits per heavy atom. The van der Waals surface area contributed by atoms with Crippen LogP contribution in [0, 0.1) is 5.92 Å². The van der Waals surface area contributed by atoms with Crippen molar-refractivity contribution in [1.82, 2.24) is 5.32 Å². The Morgan fingerprint density at radius 2 is 1.94 bits per heavy atom. The quantitative estimate of drug-likeness (QED) is 0.157. The van der Waals surface area contributed by atoms with Crippen molar-refractivity contribution in [1.29, 1.82) is 0 Å². The van der Waals surface area contributed by atoms with Crippen molar-refractivity contribution in [3.05, 3.63) is 23.3 Å². The number of ketones is 1. The number of esters is 1. The summed E-state index contributed by atoms with van der Waals surface area (Å²) in [6.07, 6.45) is 10.2. The summed E-state index contributed by atoms with van der Waals surface area (Å²) in [4.78, 5) is 36.6. The first-order valence-electron chi connectivity index (χ1n) is 12.9. The maximum Gasteiger partial charge on any atom is 0.303 e. The van der Waals surface area contributed by atoms with Crippen LogP contribution < -0.4 is 5.32 Å². The van der Waals surface area contributed by atoms with Crippen LogP contribution in [0.3, 0.4) is 0 Å². The van der Waals surface area contributed by atoms with Crippen molar-refractivity contribution in [3.8, 4) is 0 Å². The van der Waals surface area contributed by atoms with Crippen molar-refractivity contribution in [2.75, 3.05) is 13.7 Å². The van der Waals surface area contributed by atoms with Gasteiger partial charge in [-0.25, -0.2) is 0 Å². The van der Waals surface area contributed by atoms with Gasteiger partial charge in [0.15, 0.2) is 11.9 Å². The number of nitrogens with one attached hydrogen (secondary N) is 1. The van der Waals surface area contributed by atoms with Crippen LogP contribution >= 0.6 is 11.6 Å². The standard InChI is InChI=1S/C27H44ClNO7/c1-5-6-7-8-10-13-21(35-4)14-11-9-12-15-24(32)29-18-20(17-28)25-26(33)22(36-19(2)30)16-23(31)27(25,3)34/h9,11,17,21-23,25,31,34H,5-8,10,12-16,18H2,1-4H3,(H,29,32)/b11-9+,20-17+/t21-,22-,23-,25-,27+/m0/s1. The zero-order valence-corrected chi connectivity index (χ0v) is 22.9. The highest BCUT2D eigenvalue weighted by atomic mass is 35.5. The Balaban J connectivity index is 2.53. The highest BCUT2D eigenvalue weighted by molar-refractivity contribution is 6.26. The molecular formula is C27H44ClNO7. The first-order chi connectivity index (χ1) is 17.1. The van der Waals surface area contributed by atoms with Gasteiger partial charge < -0.3 is 25.0 Å². The summed E-state index contributed by atoms with van der Waals surface area (Å²) in [6.45, 7) is 4.61. The van der Waals surface area contributed by atoms with Gasteiger partial charge in [0, 0.05) is 39.0 Å². The predicted octanol–water partition coefficient (Wildman–Crippen LogP) is 3.96. The van der Waals surface area contributed by atoms with Crippen LogP contribution in [0.25, 0.3) is 0 Å². The second-order valence-corrected chi connectivity index (χ2v) is 9.90. The Hall–Kier alpha value is -1.74. The number of aliphatic hydroxyl groups is 2. The summed E-state index contributed by atoms with van der Waals surface area (Å²) in [5.74, 6) is -2.70. The fourth-order valence-corrected chi connectivity index (χ4v) is 4.67. The van der Waals surface area contributed by atoms with Gasteiger partial charge in [0.05, 0.1) is 18.1 Å². The number of hydrogen-bond acceptors (Lipinski definition) is 7. The first kappa shape index (κ1) is 32.3. The highest BCUT2D eigenvalue weighted by Gasteiger charge is 2.53. The minimum atomic E-state index is -1.82. The smallest absolute Gasteiger partial charge is 0.303 e. The Morgan fingerprint density at radius 3 is 2.56 bits per heavy atom. The average molecular weight is 530 g/mol. The van der Waals surface area contributed by atoms with Crippen LogP contribution in [0.5, 0.6) is 0 Å². The maximum absolute atomic E-state index is 12.9. The zero-order valence-electron chi connectivity index (χ0n) is 22.1. The third-order valence-electron chi connectivity index (χ3n) is 6.67. The van der Waals surface area contributed by atoms with E-state index in [1.54, 1.807) is 7.11 Å². The van der Waals surface area contributed by atoms with Crippen molar-refractivity contribution >= 4 is 29.3 Å². The summed E-state index contributed by atoms with van der Waals surface area (Å²) < 4.78 is 10.6. The maximum atomic E-state index is 12.9. The van der Waals surface area contributed by atoms with Crippen LogP contribution in [0.2, 0.25) is 0 Å². The molecule has 0 radical (unpaired) electrons. The van der Waals surface area contributed by atoms with E-state index in [1.165, 1.54) is 39.5 Å². The molecule has 9 heteroatoms. The van der Waals surface area contributed by atoms with Crippen molar-refractivity contribution < 1.29 is 34.1 Å². The van der Waals surface area contributed by atoms with Gasteiger partial charge in [-0.3, -0.25) is 14.4 Å². The van der Waals surface area contributed by atoms with Gasteiger partial charge in [-0.05, 0) is 31.8 Å². The summed E-state index contributed by atoms with van der Waals surface area (Å²) in [5, 5.41) is 23.9. The average Bonchev–Trinajstić information content (AvgIpc) is 2.82. The molecule has 1 rings (SSSR count). The molecule has 0 aromatic carbocycles. The number of halogens is 1. The number of amides is 1. The molecule has 1 aliphatic carbocycles. The van der Waals surface area contributed by atoms with Crippen molar-refractivity contribution in [2.24, 2.45) is 5.92 Å². The SMILES string of the molecule is CCCCCCC[C@@H](C/C=C/CCC(=O)NC/C(=C\Cl)[C@H]1C(=O)[C@@H](OC(C)=O)C[C@H](O)[C@@]1(C)O)OC. The lowest BCUT2D eigenvalue weighted by molar-refractivity contribution is -0.178. The van der Waals surface area contributed by atoms with Crippen molar-refractivity contribution in [2.45, 2.75) is 109 Å². The molecule has 206 valence electrons. The number of ether oxygens (including phenoxy) is 2. The highest BCUT2D eigenvalue weighted by Crippen LogP contribution is 2.37. The molecule has 36 heavy (non-hydrogen) atoms. The number of unbranched alkanes of at least 4 members (excludes halogenated alkanes) is 4. The second-order valence-electron chi connectivity index (χ2n) is 9.68. The van der Waals surface area contributed by atoms with E-state index in [1.807, 2.05) is 12.2 Å². The molecule has 0 saturated heterocycles. The summed E-state index contributed by atoms with van der Waals surface area (Å²) >= 11 is 5.94. The fourth-order valence-electron chi connectivity index (χ4n) is 4.47. The third kappa shape index (κ3) is 10.7. The Bertz CT molecular complexity index is 765. The van der Waals surface area contributed by atoms with E-state index in [4.69, 9.17) is 21.1 Å². The molecule has 1 amide bonds. The predicted molar refractivity (Wildman–Crippen MR) is 139 cm³/mol. The molecule has 0 aromatic heterocycles. The second kappa shape index (κ2) is 16.9. The topological polar surface area (TPSA) is 122 Å². The van der Waals surface area contributed by atoms with Gasteiger partial charge in [-0.15, -0.1) is 0 Å². The van der Waals surface area contributed by atoms with E-state index in [0.717, 1.165) is 24.8 Å². The molecule has 0 unspecified atom stereocenters. The van der Waals surface area contributed by atoms with E-state index in [9.17, 15) is 24.6 Å². The fraction of sp³-hybridized carbons (Fsp3) is 0.741. The molecule has 0 aliphatic heterocycles. The Labute approximate surface area is 220 Å². The normalized spacial score (nSPS) is 25.7. The summed E-state index contributed by atoms with van der Waals surface area (Å²) in [6, 6.07) is 0. The lowest BCUT2D eigenvalue weighted by Gasteiger charge is -2.43. The van der Waals surface area contributed by atoms with Crippen LogP contribution in [0.4, 0.5) is 0 Å². The number of carbonyl (C=O) groups is 3. The monoisotopic (exact) mass is 529 g/mol. The van der Waals surface area contributed by atoms with Gasteiger partial charge in [0.2, 0.25) is 5.91 Å². The minimum Gasteiger partial charge on any atom is -0.454 e. The number of carbonyl (C=O) groups excluding carboxylic acids is 3. The third-order valence-corrected chi connectivity index (χ3v) is 6.95. The van der Waals surface area contributed by atoms with E-state index >= 15 is 0 Å². The molecule has 0 aromatic rings. The lowest BCUT2D eigenvalue weighted by Crippen LogP contribution is -2.59. The van der Waals surface area contributed by atoms with Crippen LogP contribution in [-0.4, -0.2) is 65.4 Å². The molecular weight excluding hydrogens is 486 g/mol. The largest absolute Gasteiger partial charge is 0.454 e. The summed E-state index contributed by atoms with van der Waals surface area (Å²) in [7, 11) is 1.72. The van der Waals surface area contributed by atoms with Crippen LogP contribution in [-0.2, 0) is 23.9 Å². The van der Waals surface area contributed by atoms with E-state index in [0.29, 0.717) is 6.42 Å². The number of aliphatic hydroxyl groups excluding tert-OH is 1. The molecule has 1 saturated carbocycles. The molecule has 0 spiro atoms. The Kier molecular flexibility index (Phi) is 15.2. The van der Waals surface area contributed by atoms with Crippen LogP contribution in [0.15, 0.2) is 23.3 Å². The van der Waals surface area contributed by atoms with Gasteiger partial charge in [-0.2, -0.15) is 0 Å². The van der Waals surface area contributed by atoms with E-state index < -0.39 is 35.5 Å². The minimum absolute atomic E-state index is 0.0815. The molecule has 5 atom stereocenters. The zero-order chi connectivity index (χ0) is 27.1. The molecule has 3 N–H and O–H groups in total. The van der Waals surface area contributed by atoms with Crippen LogP contribution in [0.1, 0.15) is 85.0 Å². The van der Waals surface area contributed by atoms with E-state index in [2.05, 4.69) is 12.2 Å². The summed E-state index contributed by atoms with van der Waals surface area (Å²) in [5.41, 5.74) is -0.475. The van der Waals surface area contributed by atoms with Gasteiger partial charge in [0.1, 0.15) is 5.60 Å².